The van der Waals surface area contributed by atoms with Gasteiger partial charge in [0.25, 0.3) is 0 Å². The number of Topliss-reactive ketones (excluding diaryl/α,β-unsaturated/α-hetero) is 1. The first kappa shape index (κ1) is 11.3. The maximum absolute atomic E-state index is 11.7. The van der Waals surface area contributed by atoms with Crippen molar-refractivity contribution in [2.45, 2.75) is 18.8 Å². The fourth-order valence-corrected chi connectivity index (χ4v) is 2.05. The van der Waals surface area contributed by atoms with E-state index < -0.39 is 0 Å². The summed E-state index contributed by atoms with van der Waals surface area (Å²) >= 11 is 0. The van der Waals surface area contributed by atoms with Crippen LogP contribution in [-0.2, 0) is 4.79 Å². The molecule has 1 fully saturated rings. The van der Waals surface area contributed by atoms with Crippen molar-refractivity contribution in [3.63, 3.8) is 0 Å². The van der Waals surface area contributed by atoms with E-state index in [1.807, 2.05) is 30.3 Å². The van der Waals surface area contributed by atoms with Gasteiger partial charge in [0.15, 0.2) is 11.5 Å². The van der Waals surface area contributed by atoms with Crippen molar-refractivity contribution >= 4 is 17.2 Å². The van der Waals surface area contributed by atoms with Crippen LogP contribution in [0.4, 0.5) is 0 Å². The van der Waals surface area contributed by atoms with E-state index in [1.54, 1.807) is 0 Å². The molecule has 0 saturated heterocycles. The van der Waals surface area contributed by atoms with Gasteiger partial charge in [-0.1, -0.05) is 40.6 Å². The van der Waals surface area contributed by atoms with E-state index in [4.69, 9.17) is 10.4 Å². The molecule has 88 valence electrons. The molecule has 2 rings (SSSR count). The number of rotatable bonds is 1. The summed E-state index contributed by atoms with van der Waals surface area (Å²) in [5.74, 6) is -0.333. The van der Waals surface area contributed by atoms with E-state index in [1.165, 1.54) is 0 Å². The second-order valence-corrected chi connectivity index (χ2v) is 3.93. The van der Waals surface area contributed by atoms with Crippen LogP contribution >= 0.6 is 0 Å². The molecule has 1 aromatic rings. The summed E-state index contributed by atoms with van der Waals surface area (Å²) in [7, 11) is 0. The summed E-state index contributed by atoms with van der Waals surface area (Å²) in [4.78, 5) is 11.7. The molecular formula is C12H12N2O3. The molecule has 17 heavy (non-hydrogen) atoms. The minimum Gasteiger partial charge on any atom is -0.411 e. The third kappa shape index (κ3) is 2.18. The Bertz CT molecular complexity index is 480. The van der Waals surface area contributed by atoms with Gasteiger partial charge in [-0.05, 0) is 11.5 Å². The number of oxime groups is 2. The second-order valence-electron chi connectivity index (χ2n) is 3.93. The van der Waals surface area contributed by atoms with Crippen LogP contribution in [0.5, 0.6) is 0 Å². The lowest BCUT2D eigenvalue weighted by atomic mass is 9.81. The second kappa shape index (κ2) is 4.78. The predicted molar refractivity (Wildman–Crippen MR) is 61.9 cm³/mol. The van der Waals surface area contributed by atoms with Crippen molar-refractivity contribution in [2.24, 2.45) is 10.3 Å². The number of carbonyl (C=O) groups excluding carboxylic acids is 1. The van der Waals surface area contributed by atoms with Crippen molar-refractivity contribution < 1.29 is 15.2 Å². The molecule has 0 heterocycles. The Kier molecular flexibility index (Phi) is 3.18. The highest BCUT2D eigenvalue weighted by atomic mass is 16.4. The molecule has 1 atom stereocenters. The Labute approximate surface area is 98.1 Å². The van der Waals surface area contributed by atoms with Gasteiger partial charge in [0.2, 0.25) is 0 Å². The lowest BCUT2D eigenvalue weighted by Gasteiger charge is -2.22. The summed E-state index contributed by atoms with van der Waals surface area (Å²) in [6.45, 7) is 0. The zero-order valence-electron chi connectivity index (χ0n) is 9.08. The van der Waals surface area contributed by atoms with Crippen molar-refractivity contribution in [1.29, 1.82) is 0 Å². The normalized spacial score (nSPS) is 25.4. The molecule has 0 radical (unpaired) electrons. The molecule has 1 aliphatic rings. The van der Waals surface area contributed by atoms with Gasteiger partial charge in [-0.2, -0.15) is 0 Å². The molecule has 5 nitrogen and oxygen atoms in total. The van der Waals surface area contributed by atoms with Crippen molar-refractivity contribution in [2.75, 3.05) is 0 Å². The third-order valence-corrected chi connectivity index (χ3v) is 2.90. The molecule has 1 saturated carbocycles. The fourth-order valence-electron chi connectivity index (χ4n) is 2.05. The molecule has 0 bridgehead atoms. The number of carbonyl (C=O) groups is 1. The largest absolute Gasteiger partial charge is 0.411 e. The first-order valence-electron chi connectivity index (χ1n) is 5.27. The molecule has 0 amide bonds. The topological polar surface area (TPSA) is 82.2 Å². The summed E-state index contributed by atoms with van der Waals surface area (Å²) in [6.07, 6.45) is 0.661. The van der Waals surface area contributed by atoms with Crippen molar-refractivity contribution in [3.8, 4) is 0 Å². The lowest BCUT2D eigenvalue weighted by Crippen LogP contribution is -2.33. The first-order chi connectivity index (χ1) is 8.26. The molecule has 1 aromatic carbocycles. The molecule has 5 heteroatoms. The number of benzene rings is 1. The van der Waals surface area contributed by atoms with Crippen molar-refractivity contribution in [3.05, 3.63) is 35.9 Å². The highest BCUT2D eigenvalue weighted by molar-refractivity contribution is 6.68. The van der Waals surface area contributed by atoms with Crippen molar-refractivity contribution in [1.82, 2.24) is 0 Å². The molecule has 0 spiro atoms. The van der Waals surface area contributed by atoms with E-state index in [0.717, 1.165) is 5.56 Å². The molecule has 0 aliphatic heterocycles. The highest BCUT2D eigenvalue weighted by Crippen LogP contribution is 2.28. The minimum absolute atomic E-state index is 0.0277. The van der Waals surface area contributed by atoms with E-state index in [9.17, 15) is 4.79 Å². The van der Waals surface area contributed by atoms with Gasteiger partial charge >= 0.3 is 0 Å². The third-order valence-electron chi connectivity index (χ3n) is 2.90. The van der Waals surface area contributed by atoms with Gasteiger partial charge in [-0.25, -0.2) is 0 Å². The molecule has 0 aromatic heterocycles. The van der Waals surface area contributed by atoms with Gasteiger partial charge in [0.1, 0.15) is 5.71 Å². The average Bonchev–Trinajstić information content (AvgIpc) is 2.38. The quantitative estimate of drug-likeness (QED) is 0.572. The smallest absolute Gasteiger partial charge is 0.187 e. The van der Waals surface area contributed by atoms with Gasteiger partial charge in [0.05, 0.1) is 0 Å². The number of nitrogens with zero attached hydrogens (tertiary/aromatic N) is 2. The van der Waals surface area contributed by atoms with Gasteiger partial charge in [-0.3, -0.25) is 4.79 Å². The van der Waals surface area contributed by atoms with E-state index in [-0.39, 0.29) is 29.5 Å². The van der Waals surface area contributed by atoms with Crippen LogP contribution in [-0.4, -0.2) is 27.6 Å². The van der Waals surface area contributed by atoms with E-state index in [2.05, 4.69) is 10.3 Å². The van der Waals surface area contributed by atoms with Gasteiger partial charge < -0.3 is 10.4 Å². The Balaban J connectivity index is 2.29. The first-order valence-corrected chi connectivity index (χ1v) is 5.27. The number of hydrogen-bond donors (Lipinski definition) is 2. The SMILES string of the molecule is O=C1C[C@H](c2ccccc2)CC(=N\O)/C1=N\O. The summed E-state index contributed by atoms with van der Waals surface area (Å²) in [6, 6.07) is 9.54. The molecule has 0 unspecified atom stereocenters. The zero-order chi connectivity index (χ0) is 12.3. The summed E-state index contributed by atoms with van der Waals surface area (Å²) in [5, 5.41) is 23.4. The lowest BCUT2D eigenvalue weighted by molar-refractivity contribution is -0.113. The number of ketones is 1. The molecule has 1 aliphatic carbocycles. The van der Waals surface area contributed by atoms with E-state index >= 15 is 0 Å². The zero-order valence-corrected chi connectivity index (χ0v) is 9.08. The number of hydrogen-bond acceptors (Lipinski definition) is 5. The Morgan fingerprint density at radius 2 is 1.76 bits per heavy atom. The van der Waals surface area contributed by atoms with Crippen LogP contribution in [0, 0.1) is 0 Å². The molecular weight excluding hydrogens is 220 g/mol. The monoisotopic (exact) mass is 232 g/mol. The Hall–Kier alpha value is -2.17. The molecule has 2 N–H and O–H groups in total. The van der Waals surface area contributed by atoms with Crippen LogP contribution in [0.1, 0.15) is 24.3 Å². The van der Waals surface area contributed by atoms with Gasteiger partial charge in [0, 0.05) is 12.8 Å². The predicted octanol–water partition coefficient (Wildman–Crippen LogP) is 1.79. The van der Waals surface area contributed by atoms with Crippen LogP contribution in [0.2, 0.25) is 0 Å². The van der Waals surface area contributed by atoms with Gasteiger partial charge in [-0.15, -0.1) is 0 Å². The van der Waals surface area contributed by atoms with Crippen LogP contribution in [0.3, 0.4) is 0 Å². The van der Waals surface area contributed by atoms with Crippen LogP contribution in [0.25, 0.3) is 0 Å². The van der Waals surface area contributed by atoms with E-state index in [0.29, 0.717) is 6.42 Å². The van der Waals surface area contributed by atoms with Crippen LogP contribution in [0.15, 0.2) is 40.6 Å². The standard InChI is InChI=1S/C12H12N2O3/c15-11-7-9(8-4-2-1-3-5-8)6-10(13-16)12(11)14-17/h1-5,9,16-17H,6-7H2/b13-10+,14-12+/t9-/m1/s1. The maximum Gasteiger partial charge on any atom is 0.187 e. The average molecular weight is 232 g/mol. The minimum atomic E-state index is -0.305. The highest BCUT2D eigenvalue weighted by Gasteiger charge is 2.32. The Morgan fingerprint density at radius 3 is 2.35 bits per heavy atom. The van der Waals surface area contributed by atoms with Crippen LogP contribution < -0.4 is 0 Å². The fraction of sp³-hybridized carbons (Fsp3) is 0.250. The Morgan fingerprint density at radius 1 is 1.06 bits per heavy atom. The summed E-state index contributed by atoms with van der Waals surface area (Å²) < 4.78 is 0. The maximum atomic E-state index is 11.7. The summed E-state index contributed by atoms with van der Waals surface area (Å²) in [5.41, 5.74) is 1.01.